The minimum absolute atomic E-state index is 0.0702. The van der Waals surface area contributed by atoms with Gasteiger partial charge in [0.15, 0.2) is 0 Å². The second kappa shape index (κ2) is 7.71. The van der Waals surface area contributed by atoms with Crippen molar-refractivity contribution in [1.82, 2.24) is 9.55 Å². The largest absolute Gasteiger partial charge is 0.274 e. The van der Waals surface area contributed by atoms with Gasteiger partial charge in [-0.25, -0.2) is 14.8 Å². The van der Waals surface area contributed by atoms with Gasteiger partial charge in [-0.05, 0) is 55.4 Å². The number of rotatable bonds is 4. The molecule has 0 amide bonds. The second-order valence-corrected chi connectivity index (χ2v) is 8.95. The number of hydrazone groups is 1. The molecule has 1 aromatic carbocycles. The van der Waals surface area contributed by atoms with Gasteiger partial charge in [-0.2, -0.15) is 5.10 Å². The van der Waals surface area contributed by atoms with Crippen molar-refractivity contribution in [2.45, 2.75) is 57.4 Å². The maximum absolute atomic E-state index is 13.5. The Morgan fingerprint density at radius 1 is 1.14 bits per heavy atom. The third kappa shape index (κ3) is 3.48. The summed E-state index contributed by atoms with van der Waals surface area (Å²) in [6, 6.07) is 6.28. The van der Waals surface area contributed by atoms with Gasteiger partial charge in [-0.1, -0.05) is 31.4 Å². The number of hydrogen-bond acceptors (Lipinski definition) is 5. The molecular formula is C22H23FN4OS. The zero-order valence-corrected chi connectivity index (χ0v) is 17.0. The monoisotopic (exact) mass is 410 g/mol. The molecule has 0 radical (unpaired) electrons. The topological polar surface area (TPSA) is 59.3 Å². The normalized spacial score (nSPS) is 17.3. The Morgan fingerprint density at radius 2 is 1.93 bits per heavy atom. The van der Waals surface area contributed by atoms with Crippen LogP contribution in [-0.4, -0.2) is 15.8 Å². The first-order valence-corrected chi connectivity index (χ1v) is 11.1. The molecule has 3 aromatic rings. The number of nitrogens with zero attached hydrogens (tertiary/aromatic N) is 3. The van der Waals surface area contributed by atoms with E-state index in [9.17, 15) is 9.18 Å². The Balaban J connectivity index is 1.55. The molecule has 2 aromatic heterocycles. The van der Waals surface area contributed by atoms with Gasteiger partial charge in [0.05, 0.1) is 11.6 Å². The summed E-state index contributed by atoms with van der Waals surface area (Å²) in [5, 5.41) is 5.11. The van der Waals surface area contributed by atoms with Crippen LogP contribution in [0.15, 0.2) is 34.2 Å². The minimum Gasteiger partial charge on any atom is -0.274 e. The van der Waals surface area contributed by atoms with Crippen LogP contribution in [0.4, 0.5) is 10.3 Å². The van der Waals surface area contributed by atoms with Crippen molar-refractivity contribution in [3.8, 4) is 0 Å². The molecule has 0 unspecified atom stereocenters. The summed E-state index contributed by atoms with van der Waals surface area (Å²) >= 11 is 1.64. The first-order chi connectivity index (χ1) is 14.2. The predicted octanol–water partition coefficient (Wildman–Crippen LogP) is 5.04. The summed E-state index contributed by atoms with van der Waals surface area (Å²) < 4.78 is 14.9. The van der Waals surface area contributed by atoms with E-state index in [4.69, 9.17) is 4.98 Å². The summed E-state index contributed by atoms with van der Waals surface area (Å²) in [5.41, 5.74) is 5.07. The van der Waals surface area contributed by atoms with Crippen molar-refractivity contribution in [2.75, 3.05) is 5.43 Å². The van der Waals surface area contributed by atoms with Crippen molar-refractivity contribution in [1.29, 1.82) is 0 Å². The number of aromatic nitrogens is 2. The Hall–Kier alpha value is -2.54. The molecule has 5 nitrogen and oxygen atoms in total. The lowest BCUT2D eigenvalue weighted by Gasteiger charge is -2.25. The van der Waals surface area contributed by atoms with Gasteiger partial charge < -0.3 is 0 Å². The van der Waals surface area contributed by atoms with E-state index in [0.717, 1.165) is 60.7 Å². The second-order valence-electron chi connectivity index (χ2n) is 7.86. The van der Waals surface area contributed by atoms with Gasteiger partial charge in [0, 0.05) is 10.9 Å². The zero-order valence-electron chi connectivity index (χ0n) is 16.2. The Morgan fingerprint density at radius 3 is 2.72 bits per heavy atom. The van der Waals surface area contributed by atoms with Crippen molar-refractivity contribution >= 4 is 33.7 Å². The first-order valence-electron chi connectivity index (χ1n) is 10.3. The van der Waals surface area contributed by atoms with Crippen LogP contribution in [0.1, 0.15) is 60.6 Å². The van der Waals surface area contributed by atoms with Gasteiger partial charge in [-0.3, -0.25) is 9.36 Å². The zero-order chi connectivity index (χ0) is 19.8. The van der Waals surface area contributed by atoms with Crippen molar-refractivity contribution in [3.05, 3.63) is 56.4 Å². The minimum atomic E-state index is -0.279. The fourth-order valence-electron chi connectivity index (χ4n) is 4.53. The van der Waals surface area contributed by atoms with Crippen LogP contribution < -0.4 is 11.0 Å². The van der Waals surface area contributed by atoms with Crippen molar-refractivity contribution in [3.63, 3.8) is 0 Å². The molecule has 0 saturated heterocycles. The maximum Gasteiger partial charge on any atom is 0.264 e. The number of thiophene rings is 1. The molecule has 2 heterocycles. The highest BCUT2D eigenvalue weighted by molar-refractivity contribution is 7.18. The fraction of sp³-hybridized carbons (Fsp3) is 0.409. The van der Waals surface area contributed by atoms with Crippen LogP contribution in [-0.2, 0) is 12.8 Å². The van der Waals surface area contributed by atoms with Gasteiger partial charge in [0.1, 0.15) is 10.6 Å². The Kier molecular flexibility index (Phi) is 4.91. The van der Waals surface area contributed by atoms with Gasteiger partial charge in [-0.15, -0.1) is 11.3 Å². The highest BCUT2D eigenvalue weighted by atomic mass is 32.1. The number of halogens is 1. The Labute approximate surface area is 172 Å². The highest BCUT2D eigenvalue weighted by Gasteiger charge is 2.26. The van der Waals surface area contributed by atoms with Gasteiger partial charge in [0.25, 0.3) is 5.56 Å². The molecule has 1 saturated carbocycles. The standard InChI is InChI=1S/C22H23FN4OS/c23-15-11-9-14(10-12-15)13-24-26-22-25-20-19(17-7-4-8-18(17)29-20)21(28)27(22)16-5-2-1-3-6-16/h9-13,16H,1-8H2,(H,25,26). The molecule has 0 atom stereocenters. The average molecular weight is 411 g/mol. The smallest absolute Gasteiger partial charge is 0.264 e. The predicted molar refractivity (Wildman–Crippen MR) is 116 cm³/mol. The quantitative estimate of drug-likeness (QED) is 0.484. The first kappa shape index (κ1) is 18.5. The number of aryl methyl sites for hydroxylation is 2. The number of nitrogens with one attached hydrogen (secondary N) is 1. The number of hydrogen-bond donors (Lipinski definition) is 1. The van der Waals surface area contributed by atoms with E-state index in [1.54, 1.807) is 29.7 Å². The van der Waals surface area contributed by atoms with Crippen LogP contribution in [0.2, 0.25) is 0 Å². The van der Waals surface area contributed by atoms with Crippen molar-refractivity contribution in [2.24, 2.45) is 5.10 Å². The molecule has 150 valence electrons. The molecule has 2 aliphatic carbocycles. The molecule has 0 aliphatic heterocycles. The van der Waals surface area contributed by atoms with E-state index in [0.29, 0.717) is 5.95 Å². The average Bonchev–Trinajstić information content (AvgIpc) is 3.31. The Bertz CT molecular complexity index is 1130. The molecule has 5 rings (SSSR count). The van der Waals surface area contributed by atoms with E-state index >= 15 is 0 Å². The lowest BCUT2D eigenvalue weighted by molar-refractivity contribution is 0.348. The van der Waals surface area contributed by atoms with Crippen LogP contribution in [0.25, 0.3) is 10.2 Å². The van der Waals surface area contributed by atoms with Crippen LogP contribution in [0.3, 0.4) is 0 Å². The third-order valence-electron chi connectivity index (χ3n) is 5.96. The molecule has 2 aliphatic rings. The molecule has 0 spiro atoms. The SMILES string of the molecule is O=c1c2c3c(sc2nc(NN=Cc2ccc(F)cc2)n1C1CCCCC1)CCC3. The molecule has 0 bridgehead atoms. The molecule has 29 heavy (non-hydrogen) atoms. The van der Waals surface area contributed by atoms with Gasteiger partial charge in [0.2, 0.25) is 5.95 Å². The van der Waals surface area contributed by atoms with E-state index in [-0.39, 0.29) is 17.4 Å². The summed E-state index contributed by atoms with van der Waals surface area (Å²) in [5.74, 6) is 0.229. The lowest BCUT2D eigenvalue weighted by atomic mass is 9.95. The van der Waals surface area contributed by atoms with E-state index in [2.05, 4.69) is 10.5 Å². The molecule has 1 N–H and O–H groups in total. The summed E-state index contributed by atoms with van der Waals surface area (Å²) in [7, 11) is 0. The summed E-state index contributed by atoms with van der Waals surface area (Å²) in [4.78, 5) is 20.5. The lowest BCUT2D eigenvalue weighted by Crippen LogP contribution is -2.29. The highest BCUT2D eigenvalue weighted by Crippen LogP contribution is 2.37. The molecule has 1 fully saturated rings. The van der Waals surface area contributed by atoms with E-state index in [1.165, 1.54) is 29.0 Å². The number of anilines is 1. The van der Waals surface area contributed by atoms with E-state index in [1.807, 2.05) is 4.57 Å². The van der Waals surface area contributed by atoms with Gasteiger partial charge >= 0.3 is 0 Å². The number of fused-ring (bicyclic) bond motifs is 3. The fourth-order valence-corrected chi connectivity index (χ4v) is 5.78. The van der Waals surface area contributed by atoms with Crippen molar-refractivity contribution < 1.29 is 4.39 Å². The molecular weight excluding hydrogens is 387 g/mol. The number of benzene rings is 1. The van der Waals surface area contributed by atoms with Crippen LogP contribution in [0, 0.1) is 5.82 Å². The van der Waals surface area contributed by atoms with E-state index < -0.39 is 0 Å². The summed E-state index contributed by atoms with van der Waals surface area (Å²) in [6.45, 7) is 0. The van der Waals surface area contributed by atoms with Crippen LogP contribution >= 0.6 is 11.3 Å². The third-order valence-corrected chi connectivity index (χ3v) is 7.14. The molecule has 7 heteroatoms. The maximum atomic E-state index is 13.5. The van der Waals surface area contributed by atoms with Crippen LogP contribution in [0.5, 0.6) is 0 Å². The summed E-state index contributed by atoms with van der Waals surface area (Å²) in [6.07, 6.45) is 10.3.